The van der Waals surface area contributed by atoms with Crippen molar-refractivity contribution in [3.8, 4) is 0 Å². The molecule has 0 unspecified atom stereocenters. The summed E-state index contributed by atoms with van der Waals surface area (Å²) < 4.78 is 13.7. The number of piperidine rings is 1. The topological polar surface area (TPSA) is 20.3 Å². The van der Waals surface area contributed by atoms with Gasteiger partial charge in [0.15, 0.2) is 0 Å². The van der Waals surface area contributed by atoms with Crippen LogP contribution < -0.4 is 0 Å². The van der Waals surface area contributed by atoms with Crippen molar-refractivity contribution in [1.82, 2.24) is 4.90 Å². The summed E-state index contributed by atoms with van der Waals surface area (Å²) in [5.41, 5.74) is 0.806. The predicted molar refractivity (Wildman–Crippen MR) is 69.9 cm³/mol. The summed E-state index contributed by atoms with van der Waals surface area (Å²) in [4.78, 5) is 13.7. The van der Waals surface area contributed by atoms with E-state index in [-0.39, 0.29) is 17.6 Å². The first-order chi connectivity index (χ1) is 8.72. The van der Waals surface area contributed by atoms with Crippen molar-refractivity contribution in [1.29, 1.82) is 0 Å². The van der Waals surface area contributed by atoms with Crippen molar-refractivity contribution >= 4 is 5.91 Å². The number of carbonyl (C=O) groups is 1. The largest absolute Gasteiger partial charge is 0.343 e. The number of hydrogen-bond acceptors (Lipinski definition) is 1. The van der Waals surface area contributed by atoms with Crippen LogP contribution in [0.1, 0.15) is 44.1 Å². The molecule has 1 saturated heterocycles. The van der Waals surface area contributed by atoms with Crippen LogP contribution in [0.4, 0.5) is 4.39 Å². The standard InChI is InChI=1S/C15H20FNO/c1-2-5-15(18)17-10-8-12(9-11-17)13-6-3-4-7-14(13)16/h3-4,6-7,12H,2,5,8-11H2,1H3. The molecule has 1 aromatic rings. The van der Waals surface area contributed by atoms with Gasteiger partial charge in [0.05, 0.1) is 0 Å². The minimum atomic E-state index is -0.115. The first-order valence-electron chi connectivity index (χ1n) is 6.74. The lowest BCUT2D eigenvalue weighted by molar-refractivity contribution is -0.132. The molecule has 0 spiro atoms. The van der Waals surface area contributed by atoms with Crippen LogP contribution in [0.5, 0.6) is 0 Å². The Morgan fingerprint density at radius 2 is 2.00 bits per heavy atom. The fraction of sp³-hybridized carbons (Fsp3) is 0.533. The summed E-state index contributed by atoms with van der Waals surface area (Å²) in [6.45, 7) is 3.54. The third kappa shape index (κ3) is 2.89. The first kappa shape index (κ1) is 13.1. The maximum atomic E-state index is 13.7. The molecule has 2 rings (SSSR count). The van der Waals surface area contributed by atoms with Crippen LogP contribution in [-0.2, 0) is 4.79 Å². The third-order valence-electron chi connectivity index (χ3n) is 3.66. The van der Waals surface area contributed by atoms with Crippen LogP contribution in [0.25, 0.3) is 0 Å². The van der Waals surface area contributed by atoms with Gasteiger partial charge in [-0.1, -0.05) is 25.1 Å². The van der Waals surface area contributed by atoms with Crippen molar-refractivity contribution in [3.05, 3.63) is 35.6 Å². The number of amides is 1. The Kier molecular flexibility index (Phi) is 4.34. The summed E-state index contributed by atoms with van der Waals surface area (Å²) >= 11 is 0. The predicted octanol–water partition coefficient (Wildman–Crippen LogP) is 3.33. The van der Waals surface area contributed by atoms with E-state index < -0.39 is 0 Å². The lowest BCUT2D eigenvalue weighted by Gasteiger charge is -2.32. The molecule has 0 N–H and O–H groups in total. The van der Waals surface area contributed by atoms with E-state index >= 15 is 0 Å². The maximum absolute atomic E-state index is 13.7. The molecule has 1 aromatic carbocycles. The molecule has 0 aromatic heterocycles. The zero-order valence-corrected chi connectivity index (χ0v) is 10.9. The van der Waals surface area contributed by atoms with Gasteiger partial charge in [0.1, 0.15) is 5.82 Å². The molecule has 0 saturated carbocycles. The number of likely N-dealkylation sites (tertiary alicyclic amines) is 1. The molecular formula is C15H20FNO. The van der Waals surface area contributed by atoms with Gasteiger partial charge in [0.25, 0.3) is 0 Å². The van der Waals surface area contributed by atoms with E-state index in [1.807, 2.05) is 24.0 Å². The molecular weight excluding hydrogens is 229 g/mol. The molecule has 98 valence electrons. The molecule has 18 heavy (non-hydrogen) atoms. The number of benzene rings is 1. The third-order valence-corrected chi connectivity index (χ3v) is 3.66. The van der Waals surface area contributed by atoms with Gasteiger partial charge in [-0.3, -0.25) is 4.79 Å². The Balaban J connectivity index is 1.95. The SMILES string of the molecule is CCCC(=O)N1CCC(c2ccccc2F)CC1. The Hall–Kier alpha value is -1.38. The highest BCUT2D eigenvalue weighted by molar-refractivity contribution is 5.76. The van der Waals surface area contributed by atoms with Crippen molar-refractivity contribution in [2.45, 2.75) is 38.5 Å². The molecule has 1 fully saturated rings. The minimum absolute atomic E-state index is 0.115. The molecule has 1 amide bonds. The van der Waals surface area contributed by atoms with E-state index in [0.29, 0.717) is 6.42 Å². The highest BCUT2D eigenvalue weighted by atomic mass is 19.1. The van der Waals surface area contributed by atoms with Gasteiger partial charge >= 0.3 is 0 Å². The number of carbonyl (C=O) groups excluding carboxylic acids is 1. The molecule has 0 aliphatic carbocycles. The Morgan fingerprint density at radius 1 is 1.33 bits per heavy atom. The summed E-state index contributed by atoms with van der Waals surface area (Å²) in [7, 11) is 0. The molecule has 0 atom stereocenters. The second-order valence-corrected chi connectivity index (χ2v) is 4.93. The van der Waals surface area contributed by atoms with Crippen LogP contribution in [0.3, 0.4) is 0 Å². The number of rotatable bonds is 3. The van der Waals surface area contributed by atoms with E-state index in [1.54, 1.807) is 6.07 Å². The second-order valence-electron chi connectivity index (χ2n) is 4.93. The molecule has 3 heteroatoms. The summed E-state index contributed by atoms with van der Waals surface area (Å²) in [5, 5.41) is 0. The minimum Gasteiger partial charge on any atom is -0.343 e. The summed E-state index contributed by atoms with van der Waals surface area (Å²) in [6, 6.07) is 6.99. The van der Waals surface area contributed by atoms with Gasteiger partial charge < -0.3 is 4.90 Å². The van der Waals surface area contributed by atoms with Gasteiger partial charge in [0.2, 0.25) is 5.91 Å². The first-order valence-corrected chi connectivity index (χ1v) is 6.74. The number of hydrogen-bond donors (Lipinski definition) is 0. The highest BCUT2D eigenvalue weighted by Gasteiger charge is 2.24. The Morgan fingerprint density at radius 3 is 2.61 bits per heavy atom. The summed E-state index contributed by atoms with van der Waals surface area (Å²) in [6.07, 6.45) is 3.27. The maximum Gasteiger partial charge on any atom is 0.222 e. The molecule has 1 aliphatic rings. The van der Waals surface area contributed by atoms with Gasteiger partial charge in [-0.15, -0.1) is 0 Å². The van der Waals surface area contributed by atoms with E-state index in [9.17, 15) is 9.18 Å². The van der Waals surface area contributed by atoms with Gasteiger partial charge in [-0.25, -0.2) is 4.39 Å². The number of halogens is 1. The van der Waals surface area contributed by atoms with Crippen LogP contribution in [0.15, 0.2) is 24.3 Å². The van der Waals surface area contributed by atoms with Crippen LogP contribution in [-0.4, -0.2) is 23.9 Å². The normalized spacial score (nSPS) is 16.9. The fourth-order valence-corrected chi connectivity index (χ4v) is 2.62. The van der Waals surface area contributed by atoms with Crippen molar-refractivity contribution in [3.63, 3.8) is 0 Å². The molecule has 0 bridgehead atoms. The molecule has 0 radical (unpaired) electrons. The van der Waals surface area contributed by atoms with Crippen LogP contribution in [0, 0.1) is 5.82 Å². The van der Waals surface area contributed by atoms with E-state index in [0.717, 1.165) is 37.9 Å². The average Bonchev–Trinajstić information content (AvgIpc) is 2.40. The quantitative estimate of drug-likeness (QED) is 0.804. The van der Waals surface area contributed by atoms with Gasteiger partial charge in [-0.05, 0) is 36.8 Å². The van der Waals surface area contributed by atoms with E-state index in [2.05, 4.69) is 0 Å². The zero-order chi connectivity index (χ0) is 13.0. The average molecular weight is 249 g/mol. The monoisotopic (exact) mass is 249 g/mol. The van der Waals surface area contributed by atoms with Crippen LogP contribution in [0.2, 0.25) is 0 Å². The van der Waals surface area contributed by atoms with E-state index in [1.165, 1.54) is 6.07 Å². The molecule has 2 nitrogen and oxygen atoms in total. The van der Waals surface area contributed by atoms with E-state index in [4.69, 9.17) is 0 Å². The van der Waals surface area contributed by atoms with Gasteiger partial charge in [0, 0.05) is 19.5 Å². The highest BCUT2D eigenvalue weighted by Crippen LogP contribution is 2.29. The number of nitrogens with zero attached hydrogens (tertiary/aromatic N) is 1. The van der Waals surface area contributed by atoms with Gasteiger partial charge in [-0.2, -0.15) is 0 Å². The second kappa shape index (κ2) is 5.98. The van der Waals surface area contributed by atoms with Crippen molar-refractivity contribution in [2.75, 3.05) is 13.1 Å². The lowest BCUT2D eigenvalue weighted by atomic mass is 9.89. The Bertz CT molecular complexity index is 411. The zero-order valence-electron chi connectivity index (χ0n) is 10.9. The molecule has 1 heterocycles. The van der Waals surface area contributed by atoms with Crippen molar-refractivity contribution in [2.24, 2.45) is 0 Å². The van der Waals surface area contributed by atoms with Crippen molar-refractivity contribution < 1.29 is 9.18 Å². The van der Waals surface area contributed by atoms with Crippen LogP contribution >= 0.6 is 0 Å². The Labute approximate surface area is 108 Å². The fourth-order valence-electron chi connectivity index (χ4n) is 2.62. The smallest absolute Gasteiger partial charge is 0.222 e. The molecule has 1 aliphatic heterocycles. The summed E-state index contributed by atoms with van der Waals surface area (Å²) in [5.74, 6) is 0.386. The lowest BCUT2D eigenvalue weighted by Crippen LogP contribution is -2.37.